The maximum atomic E-state index is 6.09. The van der Waals surface area contributed by atoms with E-state index < -0.39 is 0 Å². The summed E-state index contributed by atoms with van der Waals surface area (Å²) in [6.45, 7) is 2.88. The first-order chi connectivity index (χ1) is 10.1. The van der Waals surface area contributed by atoms with Crippen molar-refractivity contribution in [2.24, 2.45) is 7.05 Å². The van der Waals surface area contributed by atoms with E-state index in [9.17, 15) is 0 Å². The summed E-state index contributed by atoms with van der Waals surface area (Å²) in [6.07, 6.45) is 1.93. The molecule has 0 saturated heterocycles. The average Bonchev–Trinajstić information content (AvgIpc) is 3.18. The second-order valence-corrected chi connectivity index (χ2v) is 7.58. The lowest BCUT2D eigenvalue weighted by molar-refractivity contribution is 0.618. The van der Waals surface area contributed by atoms with Crippen LogP contribution in [-0.2, 0) is 13.6 Å². The molecule has 6 heteroatoms. The van der Waals surface area contributed by atoms with Crippen LogP contribution in [0, 0.1) is 6.92 Å². The van der Waals surface area contributed by atoms with Crippen LogP contribution >= 0.6 is 34.3 Å². The molecule has 1 unspecified atom stereocenters. The lowest BCUT2D eigenvalue weighted by atomic mass is 10.2. The van der Waals surface area contributed by atoms with Crippen LogP contribution < -0.4 is 5.32 Å². The molecule has 0 radical (unpaired) electrons. The summed E-state index contributed by atoms with van der Waals surface area (Å²) >= 11 is 9.48. The van der Waals surface area contributed by atoms with Crippen LogP contribution in [0.1, 0.15) is 27.1 Å². The molecule has 21 heavy (non-hydrogen) atoms. The number of nitrogens with one attached hydrogen (secondary N) is 1. The molecule has 0 aromatic carbocycles. The van der Waals surface area contributed by atoms with E-state index in [-0.39, 0.29) is 6.04 Å². The summed E-state index contributed by atoms with van der Waals surface area (Å²) in [6, 6.07) is 8.48. The van der Waals surface area contributed by atoms with Crippen LogP contribution in [0.25, 0.3) is 0 Å². The summed E-state index contributed by atoms with van der Waals surface area (Å²) in [7, 11) is 1.97. The fraction of sp³-hybridized carbons (Fsp3) is 0.267. The number of aromatic nitrogens is 2. The Balaban J connectivity index is 1.82. The zero-order chi connectivity index (χ0) is 14.8. The number of hydrogen-bond acceptors (Lipinski definition) is 4. The molecular formula is C15H16ClN3S2. The summed E-state index contributed by atoms with van der Waals surface area (Å²) < 4.78 is 2.73. The summed E-state index contributed by atoms with van der Waals surface area (Å²) in [5, 5.41) is 10.0. The van der Waals surface area contributed by atoms with Crippen molar-refractivity contribution in [3.8, 4) is 0 Å². The van der Waals surface area contributed by atoms with Crippen LogP contribution in [0.3, 0.4) is 0 Å². The van der Waals surface area contributed by atoms with Gasteiger partial charge in [-0.1, -0.05) is 17.7 Å². The van der Waals surface area contributed by atoms with E-state index >= 15 is 0 Å². The van der Waals surface area contributed by atoms with E-state index in [0.29, 0.717) is 0 Å². The largest absolute Gasteiger partial charge is 0.301 e. The van der Waals surface area contributed by atoms with Gasteiger partial charge in [-0.3, -0.25) is 4.68 Å². The molecule has 1 atom stereocenters. The Kier molecular flexibility index (Phi) is 4.45. The third-order valence-electron chi connectivity index (χ3n) is 3.54. The summed E-state index contributed by atoms with van der Waals surface area (Å²) in [5.74, 6) is 0. The lowest BCUT2D eigenvalue weighted by Crippen LogP contribution is -2.20. The predicted molar refractivity (Wildman–Crippen MR) is 90.3 cm³/mol. The van der Waals surface area contributed by atoms with E-state index in [1.165, 1.54) is 21.0 Å². The van der Waals surface area contributed by atoms with Gasteiger partial charge in [-0.2, -0.15) is 5.10 Å². The van der Waals surface area contributed by atoms with Crippen molar-refractivity contribution < 1.29 is 0 Å². The summed E-state index contributed by atoms with van der Waals surface area (Å²) in [5.41, 5.74) is 2.42. The predicted octanol–water partition coefficient (Wildman–Crippen LogP) is 4.38. The van der Waals surface area contributed by atoms with Gasteiger partial charge in [0.05, 0.1) is 16.6 Å². The highest BCUT2D eigenvalue weighted by Crippen LogP contribution is 2.33. The van der Waals surface area contributed by atoms with Crippen LogP contribution in [-0.4, -0.2) is 9.78 Å². The molecule has 3 rings (SSSR count). The first-order valence-corrected chi connectivity index (χ1v) is 8.72. The molecule has 0 aliphatic heterocycles. The normalized spacial score (nSPS) is 12.7. The fourth-order valence-electron chi connectivity index (χ4n) is 2.21. The monoisotopic (exact) mass is 337 g/mol. The molecule has 0 saturated carbocycles. The average molecular weight is 338 g/mol. The highest BCUT2D eigenvalue weighted by atomic mass is 35.5. The van der Waals surface area contributed by atoms with E-state index in [2.05, 4.69) is 40.9 Å². The highest BCUT2D eigenvalue weighted by Gasteiger charge is 2.17. The van der Waals surface area contributed by atoms with Gasteiger partial charge in [0.15, 0.2) is 0 Å². The fourth-order valence-corrected chi connectivity index (χ4v) is 4.26. The highest BCUT2D eigenvalue weighted by molar-refractivity contribution is 7.16. The van der Waals surface area contributed by atoms with Crippen LogP contribution in [0.4, 0.5) is 0 Å². The van der Waals surface area contributed by atoms with Gasteiger partial charge in [-0.05, 0) is 30.5 Å². The molecule has 0 aliphatic rings. The molecule has 3 aromatic rings. The number of rotatable bonds is 5. The molecule has 110 valence electrons. The quantitative estimate of drug-likeness (QED) is 0.748. The van der Waals surface area contributed by atoms with Crippen LogP contribution in [0.2, 0.25) is 4.34 Å². The molecule has 0 spiro atoms. The molecular weight excluding hydrogens is 322 g/mol. The van der Waals surface area contributed by atoms with Crippen molar-refractivity contribution >= 4 is 34.3 Å². The molecule has 3 heterocycles. The third kappa shape index (κ3) is 3.21. The molecule has 3 aromatic heterocycles. The second kappa shape index (κ2) is 6.32. The van der Waals surface area contributed by atoms with Crippen molar-refractivity contribution in [1.82, 2.24) is 15.1 Å². The molecule has 3 nitrogen and oxygen atoms in total. The Bertz CT molecular complexity index is 715. The second-order valence-electron chi connectivity index (χ2n) is 4.85. The SMILES string of the molecule is Cc1c(CNC(c2cccs2)c2ccc(Cl)s2)cnn1C. The molecule has 0 bridgehead atoms. The topological polar surface area (TPSA) is 29.9 Å². The Labute approximate surface area is 137 Å². The van der Waals surface area contributed by atoms with E-state index in [0.717, 1.165) is 10.9 Å². The van der Waals surface area contributed by atoms with Gasteiger partial charge in [0, 0.05) is 34.6 Å². The lowest BCUT2D eigenvalue weighted by Gasteiger charge is -2.16. The van der Waals surface area contributed by atoms with Crippen molar-refractivity contribution in [3.63, 3.8) is 0 Å². The smallest absolute Gasteiger partial charge is 0.0931 e. The van der Waals surface area contributed by atoms with Gasteiger partial charge in [-0.25, -0.2) is 0 Å². The summed E-state index contributed by atoms with van der Waals surface area (Å²) in [4.78, 5) is 2.54. The Morgan fingerprint density at radius 1 is 1.33 bits per heavy atom. The minimum atomic E-state index is 0.183. The van der Waals surface area contributed by atoms with Gasteiger partial charge in [-0.15, -0.1) is 22.7 Å². The standard InChI is InChI=1S/C15H16ClN3S2/c1-10-11(9-18-19(10)2)8-17-15(12-4-3-7-20-12)13-5-6-14(16)21-13/h3-7,9,15,17H,8H2,1-2H3. The number of aryl methyl sites for hydroxylation is 1. The first-order valence-electron chi connectivity index (χ1n) is 6.64. The molecule has 1 N–H and O–H groups in total. The van der Waals surface area contributed by atoms with E-state index in [4.69, 9.17) is 11.6 Å². The maximum Gasteiger partial charge on any atom is 0.0931 e. The first kappa shape index (κ1) is 14.8. The van der Waals surface area contributed by atoms with Crippen molar-refractivity contribution in [2.45, 2.75) is 19.5 Å². The van der Waals surface area contributed by atoms with Crippen molar-refractivity contribution in [2.75, 3.05) is 0 Å². The number of thiophene rings is 2. The zero-order valence-electron chi connectivity index (χ0n) is 11.8. The third-order valence-corrected chi connectivity index (χ3v) is 5.77. The Morgan fingerprint density at radius 2 is 2.19 bits per heavy atom. The number of hydrogen-bond donors (Lipinski definition) is 1. The van der Waals surface area contributed by atoms with Crippen molar-refractivity contribution in [3.05, 3.63) is 61.2 Å². The molecule has 0 fully saturated rings. The van der Waals surface area contributed by atoms with Gasteiger partial charge in [0.2, 0.25) is 0 Å². The van der Waals surface area contributed by atoms with Gasteiger partial charge in [0.25, 0.3) is 0 Å². The minimum absolute atomic E-state index is 0.183. The minimum Gasteiger partial charge on any atom is -0.301 e. The number of nitrogens with zero attached hydrogens (tertiary/aromatic N) is 2. The van der Waals surface area contributed by atoms with Crippen LogP contribution in [0.5, 0.6) is 0 Å². The van der Waals surface area contributed by atoms with E-state index in [1.54, 1.807) is 22.7 Å². The van der Waals surface area contributed by atoms with Crippen molar-refractivity contribution in [1.29, 1.82) is 0 Å². The zero-order valence-corrected chi connectivity index (χ0v) is 14.2. The van der Waals surface area contributed by atoms with Crippen LogP contribution in [0.15, 0.2) is 35.8 Å². The van der Waals surface area contributed by atoms with Gasteiger partial charge in [0.1, 0.15) is 0 Å². The maximum absolute atomic E-state index is 6.09. The van der Waals surface area contributed by atoms with Gasteiger partial charge >= 0.3 is 0 Å². The van der Waals surface area contributed by atoms with E-state index in [1.807, 2.05) is 24.0 Å². The number of halogens is 1. The Morgan fingerprint density at radius 3 is 2.76 bits per heavy atom. The van der Waals surface area contributed by atoms with Gasteiger partial charge < -0.3 is 5.32 Å². The molecule has 0 amide bonds. The molecule has 0 aliphatic carbocycles. The Hall–Kier alpha value is -1.14.